The van der Waals surface area contributed by atoms with E-state index in [9.17, 15) is 9.18 Å². The molecule has 0 aliphatic carbocycles. The molecule has 0 radical (unpaired) electrons. The van der Waals surface area contributed by atoms with E-state index in [1.54, 1.807) is 11.0 Å². The highest BCUT2D eigenvalue weighted by molar-refractivity contribution is 14.1. The van der Waals surface area contributed by atoms with Gasteiger partial charge in [0.2, 0.25) is 0 Å². The van der Waals surface area contributed by atoms with Gasteiger partial charge in [0, 0.05) is 16.7 Å². The number of halogens is 2. The maximum atomic E-state index is 13.7. The van der Waals surface area contributed by atoms with Crippen LogP contribution in [0.4, 0.5) is 9.18 Å². The average Bonchev–Trinajstić information content (AvgIpc) is 2.45. The predicted octanol–water partition coefficient (Wildman–Crippen LogP) is 4.46. The monoisotopic (exact) mass is 435 g/mol. The second-order valence-corrected chi connectivity index (χ2v) is 8.04. The minimum atomic E-state index is -0.473. The molecule has 1 heterocycles. The van der Waals surface area contributed by atoms with E-state index in [4.69, 9.17) is 9.47 Å². The predicted molar refractivity (Wildman–Crippen MR) is 95.1 cm³/mol. The van der Waals surface area contributed by atoms with Crippen LogP contribution < -0.4 is 4.74 Å². The summed E-state index contributed by atoms with van der Waals surface area (Å²) in [7, 11) is 0. The number of amides is 1. The van der Waals surface area contributed by atoms with Gasteiger partial charge in [-0.1, -0.05) is 0 Å². The molecule has 1 fully saturated rings. The fraction of sp³-hybridized carbons (Fsp3) is 0.588. The van der Waals surface area contributed by atoms with Gasteiger partial charge in [-0.2, -0.15) is 0 Å². The van der Waals surface area contributed by atoms with Crippen LogP contribution in [0.25, 0.3) is 0 Å². The molecule has 1 aromatic rings. The summed E-state index contributed by atoms with van der Waals surface area (Å²) < 4.78 is 25.5. The highest BCUT2D eigenvalue weighted by Gasteiger charge is 2.27. The van der Waals surface area contributed by atoms with Crippen molar-refractivity contribution in [2.24, 2.45) is 5.92 Å². The Morgan fingerprint density at radius 3 is 2.57 bits per heavy atom. The zero-order valence-electron chi connectivity index (χ0n) is 13.8. The Hall–Kier alpha value is -1.05. The molecule has 0 unspecified atom stereocenters. The second kappa shape index (κ2) is 7.68. The Labute approximate surface area is 150 Å². The zero-order valence-corrected chi connectivity index (χ0v) is 15.9. The molecule has 1 amide bonds. The van der Waals surface area contributed by atoms with Gasteiger partial charge in [0.25, 0.3) is 0 Å². The maximum Gasteiger partial charge on any atom is 0.410 e. The third kappa shape index (κ3) is 5.82. The third-order valence-electron chi connectivity index (χ3n) is 3.63. The van der Waals surface area contributed by atoms with Gasteiger partial charge < -0.3 is 14.4 Å². The van der Waals surface area contributed by atoms with Gasteiger partial charge in [-0.05, 0) is 80.3 Å². The summed E-state index contributed by atoms with van der Waals surface area (Å²) in [6.45, 7) is 7.36. The molecule has 0 saturated carbocycles. The van der Waals surface area contributed by atoms with E-state index >= 15 is 0 Å². The fourth-order valence-electron chi connectivity index (χ4n) is 2.41. The van der Waals surface area contributed by atoms with Crippen LogP contribution in [0.15, 0.2) is 18.2 Å². The highest BCUT2D eigenvalue weighted by atomic mass is 127. The molecule has 1 aromatic carbocycles. The minimum absolute atomic E-state index is 0.263. The number of carbonyl (C=O) groups is 1. The van der Waals surface area contributed by atoms with E-state index in [0.717, 1.165) is 16.4 Å². The first-order valence-electron chi connectivity index (χ1n) is 7.80. The molecule has 0 aromatic heterocycles. The average molecular weight is 435 g/mol. The first-order valence-corrected chi connectivity index (χ1v) is 8.88. The molecule has 1 saturated heterocycles. The molecule has 0 atom stereocenters. The van der Waals surface area contributed by atoms with Crippen molar-refractivity contribution in [3.63, 3.8) is 0 Å². The van der Waals surface area contributed by atoms with E-state index < -0.39 is 5.60 Å². The van der Waals surface area contributed by atoms with Crippen LogP contribution in [0.5, 0.6) is 5.75 Å². The summed E-state index contributed by atoms with van der Waals surface area (Å²) in [5.74, 6) is 0.287. The number of nitrogens with zero attached hydrogens (tertiary/aromatic N) is 1. The van der Waals surface area contributed by atoms with Gasteiger partial charge in [0.05, 0.1) is 6.61 Å². The highest BCUT2D eigenvalue weighted by Crippen LogP contribution is 2.23. The number of rotatable bonds is 3. The first kappa shape index (κ1) is 18.3. The Morgan fingerprint density at radius 2 is 2.00 bits per heavy atom. The molecule has 6 heteroatoms. The molecule has 1 aliphatic heterocycles. The van der Waals surface area contributed by atoms with Gasteiger partial charge in [0.15, 0.2) is 11.6 Å². The molecule has 128 valence electrons. The van der Waals surface area contributed by atoms with Crippen LogP contribution in [0.1, 0.15) is 33.6 Å². The topological polar surface area (TPSA) is 38.8 Å². The van der Waals surface area contributed by atoms with Crippen LogP contribution in [0.2, 0.25) is 0 Å². The Kier molecular flexibility index (Phi) is 6.11. The number of hydrogen-bond donors (Lipinski definition) is 0. The quantitative estimate of drug-likeness (QED) is 0.659. The van der Waals surface area contributed by atoms with Gasteiger partial charge in [-0.3, -0.25) is 0 Å². The molecule has 4 nitrogen and oxygen atoms in total. The summed E-state index contributed by atoms with van der Waals surface area (Å²) in [4.78, 5) is 13.7. The largest absolute Gasteiger partial charge is 0.490 e. The zero-order chi connectivity index (χ0) is 17.0. The molecular formula is C17H23FINO3. The lowest BCUT2D eigenvalue weighted by atomic mass is 9.98. The van der Waals surface area contributed by atoms with Crippen molar-refractivity contribution in [3.05, 3.63) is 27.6 Å². The SMILES string of the molecule is CC(C)(C)OC(=O)N1CCC(COc2ccc(I)cc2F)CC1. The molecule has 0 N–H and O–H groups in total. The first-order chi connectivity index (χ1) is 10.7. The lowest BCUT2D eigenvalue weighted by molar-refractivity contribution is 0.0164. The summed E-state index contributed by atoms with van der Waals surface area (Å²) in [6, 6.07) is 4.94. The van der Waals surface area contributed by atoms with Crippen molar-refractivity contribution < 1.29 is 18.7 Å². The van der Waals surface area contributed by atoms with Gasteiger partial charge in [-0.15, -0.1) is 0 Å². The molecular weight excluding hydrogens is 412 g/mol. The number of likely N-dealkylation sites (tertiary alicyclic amines) is 1. The number of piperidine rings is 1. The summed E-state index contributed by atoms with van der Waals surface area (Å²) in [5, 5.41) is 0. The molecule has 2 rings (SSSR count). The number of hydrogen-bond acceptors (Lipinski definition) is 3. The Balaban J connectivity index is 1.77. The minimum Gasteiger partial charge on any atom is -0.490 e. The smallest absolute Gasteiger partial charge is 0.410 e. The maximum absolute atomic E-state index is 13.7. The summed E-state index contributed by atoms with van der Waals surface area (Å²) in [6.07, 6.45) is 1.41. The fourth-order valence-corrected chi connectivity index (χ4v) is 2.86. The van der Waals surface area contributed by atoms with Crippen molar-refractivity contribution in [1.29, 1.82) is 0 Å². The Morgan fingerprint density at radius 1 is 1.35 bits per heavy atom. The van der Waals surface area contributed by atoms with E-state index in [-0.39, 0.29) is 11.9 Å². The summed E-state index contributed by atoms with van der Waals surface area (Å²) >= 11 is 2.07. The van der Waals surface area contributed by atoms with Crippen molar-refractivity contribution in [2.75, 3.05) is 19.7 Å². The standard InChI is InChI=1S/C17H23FINO3/c1-17(2,3)23-16(21)20-8-6-12(7-9-20)11-22-15-5-4-13(19)10-14(15)18/h4-5,10,12H,6-9,11H2,1-3H3. The van der Waals surface area contributed by atoms with Crippen LogP contribution in [-0.4, -0.2) is 36.3 Å². The molecule has 0 spiro atoms. The van der Waals surface area contributed by atoms with Crippen LogP contribution in [0, 0.1) is 15.3 Å². The van der Waals surface area contributed by atoms with Crippen LogP contribution >= 0.6 is 22.6 Å². The molecule has 23 heavy (non-hydrogen) atoms. The van der Waals surface area contributed by atoms with Gasteiger partial charge in [-0.25, -0.2) is 9.18 Å². The normalized spacial score (nSPS) is 16.3. The van der Waals surface area contributed by atoms with Crippen LogP contribution in [0.3, 0.4) is 0 Å². The van der Waals surface area contributed by atoms with Gasteiger partial charge in [0.1, 0.15) is 5.60 Å². The second-order valence-electron chi connectivity index (χ2n) is 6.80. The van der Waals surface area contributed by atoms with Crippen molar-refractivity contribution >= 4 is 28.7 Å². The van der Waals surface area contributed by atoms with E-state index in [0.29, 0.717) is 31.4 Å². The van der Waals surface area contributed by atoms with Crippen molar-refractivity contribution in [1.82, 2.24) is 4.90 Å². The molecule has 0 bridgehead atoms. The Bertz CT molecular complexity index is 551. The number of ether oxygens (including phenoxy) is 2. The van der Waals surface area contributed by atoms with Crippen molar-refractivity contribution in [2.45, 2.75) is 39.2 Å². The third-order valence-corrected chi connectivity index (χ3v) is 4.31. The van der Waals surface area contributed by atoms with Gasteiger partial charge >= 0.3 is 6.09 Å². The molecule has 1 aliphatic rings. The number of benzene rings is 1. The lowest BCUT2D eigenvalue weighted by Crippen LogP contribution is -2.42. The number of carbonyl (C=O) groups excluding carboxylic acids is 1. The van der Waals surface area contributed by atoms with E-state index in [2.05, 4.69) is 22.6 Å². The summed E-state index contributed by atoms with van der Waals surface area (Å²) in [5.41, 5.74) is -0.473. The van der Waals surface area contributed by atoms with Crippen molar-refractivity contribution in [3.8, 4) is 5.75 Å². The lowest BCUT2D eigenvalue weighted by Gasteiger charge is -2.33. The van der Waals surface area contributed by atoms with E-state index in [1.165, 1.54) is 6.07 Å². The van der Waals surface area contributed by atoms with E-state index in [1.807, 2.05) is 26.8 Å². The van der Waals surface area contributed by atoms with Crippen LogP contribution in [-0.2, 0) is 4.74 Å².